The Morgan fingerprint density at radius 1 is 1.25 bits per heavy atom. The van der Waals surface area contributed by atoms with Gasteiger partial charge < -0.3 is 10.5 Å². The lowest BCUT2D eigenvalue weighted by atomic mass is 10.3. The Morgan fingerprint density at radius 3 is 2.75 bits per heavy atom. The van der Waals surface area contributed by atoms with E-state index in [-0.39, 0.29) is 5.69 Å². The molecule has 0 saturated carbocycles. The van der Waals surface area contributed by atoms with E-state index in [1.54, 1.807) is 24.3 Å². The minimum atomic E-state index is 0.250. The van der Waals surface area contributed by atoms with Crippen LogP contribution in [-0.4, -0.2) is 9.97 Å². The fourth-order valence-electron chi connectivity index (χ4n) is 1.13. The number of benzene rings is 1. The minimum absolute atomic E-state index is 0.250. The summed E-state index contributed by atoms with van der Waals surface area (Å²) in [6, 6.07) is 8.86. The van der Waals surface area contributed by atoms with Gasteiger partial charge in [-0.3, -0.25) is 0 Å². The van der Waals surface area contributed by atoms with Crippen molar-refractivity contribution >= 4 is 5.69 Å². The highest BCUT2D eigenvalue weighted by Gasteiger charge is 2.00. The molecule has 2 rings (SSSR count). The van der Waals surface area contributed by atoms with Crippen LogP contribution in [0.15, 0.2) is 36.7 Å². The van der Waals surface area contributed by atoms with Gasteiger partial charge >= 0.3 is 0 Å². The first-order chi connectivity index (χ1) is 7.78. The molecule has 1 aromatic carbocycles. The normalized spacial score (nSPS) is 9.44. The molecule has 0 radical (unpaired) electrons. The molecule has 0 atom stereocenters. The summed E-state index contributed by atoms with van der Waals surface area (Å²) in [6.07, 6.45) is 2.74. The number of rotatable bonds is 2. The second-order valence-corrected chi connectivity index (χ2v) is 3.03. The predicted octanol–water partition coefficient (Wildman–Crippen LogP) is 1.72. The smallest absolute Gasteiger partial charge is 0.237 e. The van der Waals surface area contributed by atoms with Gasteiger partial charge in [-0.2, -0.15) is 5.26 Å². The lowest BCUT2D eigenvalue weighted by Crippen LogP contribution is -1.92. The maximum atomic E-state index is 8.54. The third kappa shape index (κ3) is 2.25. The summed E-state index contributed by atoms with van der Waals surface area (Å²) in [5.74, 6) is 0.906. The van der Waals surface area contributed by atoms with E-state index < -0.39 is 0 Å². The van der Waals surface area contributed by atoms with Crippen LogP contribution in [0.4, 0.5) is 5.69 Å². The van der Waals surface area contributed by atoms with Gasteiger partial charge in [-0.25, -0.2) is 9.97 Å². The van der Waals surface area contributed by atoms with Gasteiger partial charge in [0.05, 0.1) is 12.4 Å². The van der Waals surface area contributed by atoms with Gasteiger partial charge in [0.25, 0.3) is 0 Å². The van der Waals surface area contributed by atoms with Gasteiger partial charge in [0.2, 0.25) is 5.88 Å². The van der Waals surface area contributed by atoms with Crippen molar-refractivity contribution in [2.24, 2.45) is 0 Å². The van der Waals surface area contributed by atoms with E-state index in [0.717, 1.165) is 0 Å². The van der Waals surface area contributed by atoms with E-state index in [0.29, 0.717) is 17.3 Å². The third-order valence-corrected chi connectivity index (χ3v) is 1.82. The molecule has 1 heterocycles. The van der Waals surface area contributed by atoms with Crippen LogP contribution in [0.25, 0.3) is 0 Å². The predicted molar refractivity (Wildman–Crippen MR) is 57.7 cm³/mol. The minimum Gasteiger partial charge on any atom is -0.437 e. The molecule has 16 heavy (non-hydrogen) atoms. The number of hydrogen-bond acceptors (Lipinski definition) is 5. The molecule has 0 aliphatic heterocycles. The number of nitrogens with two attached hydrogens (primary N) is 1. The molecule has 5 heteroatoms. The van der Waals surface area contributed by atoms with E-state index in [4.69, 9.17) is 15.7 Å². The first-order valence-corrected chi connectivity index (χ1v) is 4.53. The molecule has 0 amide bonds. The zero-order valence-corrected chi connectivity index (χ0v) is 8.29. The maximum Gasteiger partial charge on any atom is 0.237 e. The van der Waals surface area contributed by atoms with Crippen LogP contribution in [0.3, 0.4) is 0 Å². The number of hydrogen-bond donors (Lipinski definition) is 1. The van der Waals surface area contributed by atoms with Crippen LogP contribution >= 0.6 is 0 Å². The van der Waals surface area contributed by atoms with Crippen molar-refractivity contribution < 1.29 is 4.74 Å². The number of aromatic nitrogens is 2. The highest BCUT2D eigenvalue weighted by molar-refractivity contribution is 5.44. The largest absolute Gasteiger partial charge is 0.437 e. The van der Waals surface area contributed by atoms with Crippen LogP contribution < -0.4 is 10.5 Å². The molecule has 2 aromatic rings. The number of ether oxygens (including phenoxy) is 1. The lowest BCUT2D eigenvalue weighted by molar-refractivity contribution is 0.460. The van der Waals surface area contributed by atoms with Crippen LogP contribution in [0.1, 0.15) is 5.69 Å². The van der Waals surface area contributed by atoms with E-state index in [2.05, 4.69) is 9.97 Å². The quantitative estimate of drug-likeness (QED) is 0.766. The van der Waals surface area contributed by atoms with Gasteiger partial charge in [0, 0.05) is 11.8 Å². The summed E-state index contributed by atoms with van der Waals surface area (Å²) >= 11 is 0. The van der Waals surface area contributed by atoms with Crippen molar-refractivity contribution in [1.82, 2.24) is 9.97 Å². The van der Waals surface area contributed by atoms with Crippen molar-refractivity contribution in [1.29, 1.82) is 5.26 Å². The summed E-state index contributed by atoms with van der Waals surface area (Å²) in [6.45, 7) is 0. The van der Waals surface area contributed by atoms with E-state index in [9.17, 15) is 0 Å². The standard InChI is InChI=1S/C11H8N4O/c12-5-9-6-15-11(7-14-9)16-10-3-1-2-8(13)4-10/h1-4,6-7H,13H2. The topological polar surface area (TPSA) is 84.8 Å². The number of anilines is 1. The Morgan fingerprint density at radius 2 is 2.12 bits per heavy atom. The molecule has 0 unspecified atom stereocenters. The summed E-state index contributed by atoms with van der Waals surface area (Å²) < 4.78 is 5.40. The van der Waals surface area contributed by atoms with Crippen molar-refractivity contribution in [3.8, 4) is 17.7 Å². The fourth-order valence-corrected chi connectivity index (χ4v) is 1.13. The van der Waals surface area contributed by atoms with E-state index in [1.807, 2.05) is 6.07 Å². The molecule has 2 N–H and O–H groups in total. The molecule has 5 nitrogen and oxygen atoms in total. The van der Waals surface area contributed by atoms with Gasteiger partial charge in [-0.15, -0.1) is 0 Å². The van der Waals surface area contributed by atoms with Crippen molar-refractivity contribution in [3.63, 3.8) is 0 Å². The van der Waals surface area contributed by atoms with E-state index >= 15 is 0 Å². The Hall–Kier alpha value is -2.61. The molecule has 0 spiro atoms. The molecule has 0 bridgehead atoms. The van der Waals surface area contributed by atoms with Crippen molar-refractivity contribution in [3.05, 3.63) is 42.4 Å². The number of nitrogen functional groups attached to an aromatic ring is 1. The first kappa shape index (κ1) is 9.93. The Balaban J connectivity index is 2.18. The highest BCUT2D eigenvalue weighted by atomic mass is 16.5. The van der Waals surface area contributed by atoms with Crippen molar-refractivity contribution in [2.45, 2.75) is 0 Å². The van der Waals surface area contributed by atoms with Gasteiger partial charge in [0.15, 0.2) is 5.69 Å². The Bertz CT molecular complexity index is 530. The van der Waals surface area contributed by atoms with Crippen LogP contribution in [0.5, 0.6) is 11.6 Å². The van der Waals surface area contributed by atoms with Gasteiger partial charge in [-0.05, 0) is 12.1 Å². The molecule has 0 saturated heterocycles. The van der Waals surface area contributed by atoms with Crippen molar-refractivity contribution in [2.75, 3.05) is 5.73 Å². The highest BCUT2D eigenvalue weighted by Crippen LogP contribution is 2.20. The summed E-state index contributed by atoms with van der Waals surface area (Å²) in [7, 11) is 0. The summed E-state index contributed by atoms with van der Waals surface area (Å²) in [5, 5.41) is 8.54. The zero-order valence-electron chi connectivity index (χ0n) is 8.29. The Labute approximate surface area is 92.1 Å². The second kappa shape index (κ2) is 4.28. The zero-order chi connectivity index (χ0) is 11.4. The SMILES string of the molecule is N#Cc1cnc(Oc2cccc(N)c2)cn1. The van der Waals surface area contributed by atoms with E-state index in [1.165, 1.54) is 12.4 Å². The molecule has 0 fully saturated rings. The van der Waals surface area contributed by atoms with Crippen LogP contribution in [0.2, 0.25) is 0 Å². The van der Waals surface area contributed by atoms with Gasteiger partial charge in [0.1, 0.15) is 11.8 Å². The molecule has 0 aliphatic rings. The molecule has 1 aromatic heterocycles. The average molecular weight is 212 g/mol. The second-order valence-electron chi connectivity index (χ2n) is 3.03. The summed E-state index contributed by atoms with van der Waals surface area (Å²) in [5.41, 5.74) is 6.46. The van der Waals surface area contributed by atoms with Gasteiger partial charge in [-0.1, -0.05) is 6.07 Å². The van der Waals surface area contributed by atoms with Crippen LogP contribution in [0, 0.1) is 11.3 Å². The first-order valence-electron chi connectivity index (χ1n) is 4.53. The maximum absolute atomic E-state index is 8.54. The summed E-state index contributed by atoms with van der Waals surface area (Å²) in [4.78, 5) is 7.76. The molecule has 0 aliphatic carbocycles. The number of nitriles is 1. The van der Waals surface area contributed by atoms with Crippen LogP contribution in [-0.2, 0) is 0 Å². The molecule has 78 valence electrons. The number of nitrogens with zero attached hydrogens (tertiary/aromatic N) is 3. The average Bonchev–Trinajstić information content (AvgIpc) is 2.30. The molecular formula is C11H8N4O. The molecular weight excluding hydrogens is 204 g/mol. The monoisotopic (exact) mass is 212 g/mol. The Kier molecular flexibility index (Phi) is 2.65. The fraction of sp³-hybridized carbons (Fsp3) is 0. The lowest BCUT2D eigenvalue weighted by Gasteiger charge is -2.04. The third-order valence-electron chi connectivity index (χ3n) is 1.82.